The van der Waals surface area contributed by atoms with Crippen LogP contribution in [0.5, 0.6) is 0 Å². The predicted molar refractivity (Wildman–Crippen MR) is 198 cm³/mol. The van der Waals surface area contributed by atoms with Crippen LogP contribution < -0.4 is 0 Å². The molecule has 49 heavy (non-hydrogen) atoms. The Morgan fingerprint density at radius 2 is 0.959 bits per heavy atom. The number of hydrogen-bond acceptors (Lipinski definition) is 8. The number of allylic oxidation sites excluding steroid dienone is 2. The number of methoxy groups -OCH3 is 2. The molecule has 0 saturated heterocycles. The quantitative estimate of drug-likeness (QED) is 0.0916. The Morgan fingerprint density at radius 1 is 0.571 bits per heavy atom. The second-order valence-electron chi connectivity index (χ2n) is 14.5. The first-order chi connectivity index (χ1) is 23.3. The van der Waals surface area contributed by atoms with Crippen molar-refractivity contribution in [2.45, 2.75) is 179 Å². The lowest BCUT2D eigenvalue weighted by atomic mass is 9.74. The average Bonchev–Trinajstić information content (AvgIpc) is 3.36. The zero-order chi connectivity index (χ0) is 37.1. The summed E-state index contributed by atoms with van der Waals surface area (Å²) in [6.45, 7) is 25.9. The van der Waals surface area contributed by atoms with Gasteiger partial charge in [-0.3, -0.25) is 0 Å². The second-order valence-corrected chi connectivity index (χ2v) is 14.5. The number of esters is 2. The molecule has 3 atom stereocenters. The molecule has 282 valence electrons. The van der Waals surface area contributed by atoms with Crippen LogP contribution in [0.2, 0.25) is 0 Å². The van der Waals surface area contributed by atoms with E-state index in [0.29, 0.717) is 0 Å². The van der Waals surface area contributed by atoms with Crippen molar-refractivity contribution in [3.63, 3.8) is 0 Å². The topological polar surface area (TPSA) is 89.5 Å². The van der Waals surface area contributed by atoms with Gasteiger partial charge in [-0.15, -0.1) is 0 Å². The van der Waals surface area contributed by atoms with Gasteiger partial charge in [-0.2, -0.15) is 0 Å². The molecule has 0 N–H and O–H groups in total. The number of carbonyl (C=O) groups excluding carboxylic acids is 2. The Hall–Kier alpha value is -2.26. The zero-order valence-corrected chi connectivity index (χ0v) is 32.3. The van der Waals surface area contributed by atoms with Gasteiger partial charge in [0.1, 0.15) is 11.2 Å². The first-order valence-electron chi connectivity index (χ1n) is 18.6. The first-order valence-corrected chi connectivity index (χ1v) is 18.6. The van der Waals surface area contributed by atoms with E-state index >= 15 is 0 Å². The van der Waals surface area contributed by atoms with Crippen LogP contribution in [0.3, 0.4) is 0 Å². The van der Waals surface area contributed by atoms with Crippen LogP contribution in [0.1, 0.15) is 138 Å². The van der Waals surface area contributed by atoms with E-state index in [1.807, 2.05) is 27.7 Å². The Bertz CT molecular complexity index is 981. The number of ether oxygens (including phenoxy) is 6. The molecule has 0 spiro atoms. The molecule has 0 amide bonds. The molecular weight excluding hydrogens is 620 g/mol. The van der Waals surface area contributed by atoms with E-state index in [-0.39, 0.29) is 29.7 Å². The summed E-state index contributed by atoms with van der Waals surface area (Å²) < 4.78 is 35.8. The average molecular weight is 691 g/mol. The van der Waals surface area contributed by atoms with Crippen molar-refractivity contribution >= 4 is 11.9 Å². The van der Waals surface area contributed by atoms with Crippen molar-refractivity contribution in [2.75, 3.05) is 14.2 Å². The summed E-state index contributed by atoms with van der Waals surface area (Å²) in [5.74, 6) is -1.62. The Balaban J connectivity index is 0.000000450. The molecule has 0 heterocycles. The van der Waals surface area contributed by atoms with Gasteiger partial charge in [0.25, 0.3) is 0 Å². The summed E-state index contributed by atoms with van der Waals surface area (Å²) in [5.41, 5.74) is -1.19. The van der Waals surface area contributed by atoms with Gasteiger partial charge < -0.3 is 28.4 Å². The Morgan fingerprint density at radius 3 is 1.31 bits per heavy atom. The van der Waals surface area contributed by atoms with E-state index in [1.54, 1.807) is 26.4 Å². The van der Waals surface area contributed by atoms with Gasteiger partial charge in [0, 0.05) is 38.2 Å². The van der Waals surface area contributed by atoms with Crippen LogP contribution in [-0.4, -0.2) is 67.6 Å². The normalized spacial score (nSPS) is 29.1. The van der Waals surface area contributed by atoms with E-state index < -0.39 is 29.1 Å². The molecule has 4 saturated carbocycles. The van der Waals surface area contributed by atoms with Crippen LogP contribution in [0.25, 0.3) is 0 Å². The van der Waals surface area contributed by atoms with Crippen LogP contribution in [0.15, 0.2) is 50.6 Å². The van der Waals surface area contributed by atoms with Crippen LogP contribution in [-0.2, 0) is 38.0 Å². The fourth-order valence-corrected chi connectivity index (χ4v) is 7.50. The third-order valence-corrected chi connectivity index (χ3v) is 10.4. The zero-order valence-electron chi connectivity index (χ0n) is 32.3. The van der Waals surface area contributed by atoms with Gasteiger partial charge in [-0.25, -0.2) is 9.59 Å². The highest BCUT2D eigenvalue weighted by molar-refractivity contribution is 5.81. The number of rotatable bonds is 11. The van der Waals surface area contributed by atoms with Gasteiger partial charge in [-0.05, 0) is 65.2 Å². The molecule has 4 rings (SSSR count). The maximum atomic E-state index is 12.1. The molecule has 0 radical (unpaired) electrons. The molecule has 8 heteroatoms. The summed E-state index contributed by atoms with van der Waals surface area (Å²) in [4.78, 5) is 23.5. The molecule has 0 bridgehead atoms. The van der Waals surface area contributed by atoms with Crippen molar-refractivity contribution < 1.29 is 38.0 Å². The lowest BCUT2D eigenvalue weighted by molar-refractivity contribution is -0.321. The van der Waals surface area contributed by atoms with Gasteiger partial charge in [0.05, 0.1) is 12.2 Å². The van der Waals surface area contributed by atoms with E-state index in [1.165, 1.54) is 50.7 Å². The summed E-state index contributed by atoms with van der Waals surface area (Å²) in [5, 5.41) is 0. The van der Waals surface area contributed by atoms with E-state index in [4.69, 9.17) is 28.4 Å². The molecule has 0 aliphatic heterocycles. The lowest BCUT2D eigenvalue weighted by Crippen LogP contribution is -2.60. The van der Waals surface area contributed by atoms with E-state index in [9.17, 15) is 9.59 Å². The monoisotopic (exact) mass is 691 g/mol. The smallest absolute Gasteiger partial charge is 0.330 e. The minimum atomic E-state index is -0.799. The van der Waals surface area contributed by atoms with Crippen molar-refractivity contribution in [2.24, 2.45) is 5.41 Å². The fourth-order valence-electron chi connectivity index (χ4n) is 7.50. The summed E-state index contributed by atoms with van der Waals surface area (Å²) in [6.07, 6.45) is 21.5. The largest absolute Gasteiger partial charge is 0.453 e. The second kappa shape index (κ2) is 21.8. The summed E-state index contributed by atoms with van der Waals surface area (Å²) in [7, 11) is 3.27. The number of carbonyl (C=O) groups is 2. The molecule has 8 nitrogen and oxygen atoms in total. The molecular formula is C41H70O8. The minimum absolute atomic E-state index is 0.165. The fraction of sp³-hybridized carbons (Fsp3) is 0.756. The third kappa shape index (κ3) is 13.1. The minimum Gasteiger partial charge on any atom is -0.453 e. The van der Waals surface area contributed by atoms with Crippen molar-refractivity contribution in [3.05, 3.63) is 50.6 Å². The Kier molecular flexibility index (Phi) is 20.0. The Labute approximate surface area is 299 Å². The first kappa shape index (κ1) is 44.8. The molecule has 4 aliphatic carbocycles. The maximum Gasteiger partial charge on any atom is 0.330 e. The van der Waals surface area contributed by atoms with Crippen molar-refractivity contribution in [3.8, 4) is 0 Å². The molecule has 0 aromatic heterocycles. The van der Waals surface area contributed by atoms with E-state index in [0.717, 1.165) is 57.8 Å². The SMILES string of the molecule is C=CC(=O)OC1C(C)(C)CCC1(OC1CCCCC1)OC1CCCCC1.C=CC(=O)OC1C(C)(OC)CCCC1(C)OC.C=CC=C.CC. The molecule has 4 aliphatic rings. The molecule has 3 unspecified atom stereocenters. The highest BCUT2D eigenvalue weighted by Crippen LogP contribution is 2.51. The third-order valence-electron chi connectivity index (χ3n) is 10.4. The van der Waals surface area contributed by atoms with Crippen LogP contribution >= 0.6 is 0 Å². The lowest BCUT2D eigenvalue weighted by Gasteiger charge is -2.49. The van der Waals surface area contributed by atoms with Crippen molar-refractivity contribution in [1.29, 1.82) is 0 Å². The predicted octanol–water partition coefficient (Wildman–Crippen LogP) is 9.76. The van der Waals surface area contributed by atoms with Gasteiger partial charge in [0.2, 0.25) is 5.79 Å². The standard InChI is InChI=1S/C22H36O4.C13H22O4.C4H6.C2H6/c1-4-19(23)24-20-21(2,3)15-16-22(20,25-17-11-7-5-8-12-17)26-18-13-9-6-10-14-18;1-6-10(14)17-11-12(2,15-4)8-7-9-13(11,3)16-5;1-3-4-2;1-2/h4,17-18,20H,1,5-16H2,2-3H3;6,11H,1,7-9H2,2-5H3;3-4H,1-2H2;1-2H3. The maximum absolute atomic E-state index is 12.1. The molecule has 0 aromatic carbocycles. The van der Waals surface area contributed by atoms with E-state index in [2.05, 4.69) is 40.2 Å². The number of hydrogen-bond donors (Lipinski definition) is 0. The van der Waals surface area contributed by atoms with Gasteiger partial charge in [0.15, 0.2) is 12.2 Å². The molecule has 4 fully saturated rings. The van der Waals surface area contributed by atoms with Crippen LogP contribution in [0.4, 0.5) is 0 Å². The van der Waals surface area contributed by atoms with Gasteiger partial charge >= 0.3 is 11.9 Å². The van der Waals surface area contributed by atoms with Crippen LogP contribution in [0, 0.1) is 5.41 Å². The highest BCUT2D eigenvalue weighted by atomic mass is 16.7. The summed E-state index contributed by atoms with van der Waals surface area (Å²) in [6, 6.07) is 0. The highest BCUT2D eigenvalue weighted by Gasteiger charge is 2.59. The van der Waals surface area contributed by atoms with Gasteiger partial charge in [-0.1, -0.05) is 105 Å². The van der Waals surface area contributed by atoms with Crippen molar-refractivity contribution in [1.82, 2.24) is 0 Å². The summed E-state index contributed by atoms with van der Waals surface area (Å²) >= 11 is 0. The molecule has 0 aromatic rings.